The lowest BCUT2D eigenvalue weighted by atomic mass is 10.3. The second-order valence-electron chi connectivity index (χ2n) is 4.87. The average Bonchev–Trinajstić information content (AvgIpc) is 3.08. The molecule has 1 aliphatic carbocycles. The number of hydrogen-bond donors (Lipinski definition) is 2. The van der Waals surface area contributed by atoms with E-state index in [1.807, 2.05) is 11.7 Å². The van der Waals surface area contributed by atoms with E-state index in [0.717, 1.165) is 37.2 Å². The van der Waals surface area contributed by atoms with Crippen LogP contribution in [0.2, 0.25) is 0 Å². The second-order valence-corrected chi connectivity index (χ2v) is 4.87. The molecule has 5 nitrogen and oxygen atoms in total. The molecule has 100 valence electrons. The molecule has 0 atom stereocenters. The SMILES string of the molecule is CCc1cc(CNCCC(=O)NC2CC2)n(C)n1. The number of aromatic nitrogens is 2. The number of nitrogens with one attached hydrogen (secondary N) is 2. The molecular formula is C13H22N4O. The lowest BCUT2D eigenvalue weighted by Gasteiger charge is -2.05. The van der Waals surface area contributed by atoms with Crippen LogP contribution in [-0.4, -0.2) is 28.3 Å². The van der Waals surface area contributed by atoms with E-state index >= 15 is 0 Å². The summed E-state index contributed by atoms with van der Waals surface area (Å²) in [6.07, 6.45) is 3.80. The Morgan fingerprint density at radius 3 is 2.94 bits per heavy atom. The van der Waals surface area contributed by atoms with Crippen molar-refractivity contribution in [3.63, 3.8) is 0 Å². The summed E-state index contributed by atoms with van der Waals surface area (Å²) in [7, 11) is 1.95. The molecule has 0 radical (unpaired) electrons. The quantitative estimate of drug-likeness (QED) is 0.702. The molecule has 18 heavy (non-hydrogen) atoms. The fourth-order valence-corrected chi connectivity index (χ4v) is 1.86. The fourth-order valence-electron chi connectivity index (χ4n) is 1.86. The second kappa shape index (κ2) is 6.00. The van der Waals surface area contributed by atoms with E-state index in [9.17, 15) is 4.79 Å². The minimum Gasteiger partial charge on any atom is -0.353 e. The van der Waals surface area contributed by atoms with Crippen LogP contribution < -0.4 is 10.6 Å². The molecule has 0 unspecified atom stereocenters. The first-order chi connectivity index (χ1) is 8.69. The lowest BCUT2D eigenvalue weighted by molar-refractivity contribution is -0.121. The zero-order chi connectivity index (χ0) is 13.0. The minimum absolute atomic E-state index is 0.157. The van der Waals surface area contributed by atoms with E-state index in [2.05, 4.69) is 28.7 Å². The predicted molar refractivity (Wildman–Crippen MR) is 70.1 cm³/mol. The van der Waals surface area contributed by atoms with E-state index in [-0.39, 0.29) is 5.91 Å². The molecule has 1 aromatic rings. The molecular weight excluding hydrogens is 228 g/mol. The highest BCUT2D eigenvalue weighted by molar-refractivity contribution is 5.76. The van der Waals surface area contributed by atoms with Gasteiger partial charge in [-0.25, -0.2) is 0 Å². The van der Waals surface area contributed by atoms with E-state index < -0.39 is 0 Å². The standard InChI is InChI=1S/C13H22N4O/c1-3-10-8-12(17(2)16-10)9-14-7-6-13(18)15-11-4-5-11/h8,11,14H,3-7,9H2,1-2H3,(H,15,18). The summed E-state index contributed by atoms with van der Waals surface area (Å²) in [5, 5.41) is 10.7. The molecule has 5 heteroatoms. The van der Waals surface area contributed by atoms with Gasteiger partial charge < -0.3 is 10.6 Å². The summed E-state index contributed by atoms with van der Waals surface area (Å²) < 4.78 is 1.90. The maximum atomic E-state index is 11.5. The highest BCUT2D eigenvalue weighted by Gasteiger charge is 2.22. The van der Waals surface area contributed by atoms with Gasteiger partial charge in [-0.2, -0.15) is 5.10 Å². The Morgan fingerprint density at radius 1 is 1.56 bits per heavy atom. The van der Waals surface area contributed by atoms with Crippen molar-refractivity contribution in [2.24, 2.45) is 7.05 Å². The summed E-state index contributed by atoms with van der Waals surface area (Å²) in [6.45, 7) is 3.58. The third kappa shape index (κ3) is 3.84. The number of nitrogens with zero attached hydrogens (tertiary/aromatic N) is 2. The summed E-state index contributed by atoms with van der Waals surface area (Å²) in [6, 6.07) is 2.57. The number of carbonyl (C=O) groups excluding carboxylic acids is 1. The van der Waals surface area contributed by atoms with Gasteiger partial charge in [-0.3, -0.25) is 9.48 Å². The molecule has 1 heterocycles. The van der Waals surface area contributed by atoms with Crippen molar-refractivity contribution in [1.29, 1.82) is 0 Å². The molecule has 2 N–H and O–H groups in total. The minimum atomic E-state index is 0.157. The van der Waals surface area contributed by atoms with Crippen LogP contribution >= 0.6 is 0 Å². The van der Waals surface area contributed by atoms with Crippen molar-refractivity contribution in [2.45, 2.75) is 45.2 Å². The van der Waals surface area contributed by atoms with E-state index in [1.54, 1.807) is 0 Å². The molecule has 1 fully saturated rings. The Balaban J connectivity index is 1.64. The first-order valence-corrected chi connectivity index (χ1v) is 6.71. The third-order valence-electron chi connectivity index (χ3n) is 3.17. The Bertz CT molecular complexity index is 409. The molecule has 0 saturated heterocycles. The molecule has 1 amide bonds. The van der Waals surface area contributed by atoms with Crippen LogP contribution in [0.4, 0.5) is 0 Å². The van der Waals surface area contributed by atoms with Crippen molar-refractivity contribution in [1.82, 2.24) is 20.4 Å². The molecule has 1 aliphatic rings. The van der Waals surface area contributed by atoms with Gasteiger partial charge in [-0.1, -0.05) is 6.92 Å². The fraction of sp³-hybridized carbons (Fsp3) is 0.692. The van der Waals surface area contributed by atoms with Gasteiger partial charge in [0.2, 0.25) is 5.91 Å². The molecule has 2 rings (SSSR count). The van der Waals surface area contributed by atoms with Crippen molar-refractivity contribution in [3.05, 3.63) is 17.5 Å². The van der Waals surface area contributed by atoms with Gasteiger partial charge in [-0.05, 0) is 25.3 Å². The summed E-state index contributed by atoms with van der Waals surface area (Å²) in [5.74, 6) is 0.157. The maximum Gasteiger partial charge on any atom is 0.221 e. The molecule has 1 aromatic heterocycles. The average molecular weight is 250 g/mol. The molecule has 0 aliphatic heterocycles. The molecule has 0 aromatic carbocycles. The number of hydrogen-bond acceptors (Lipinski definition) is 3. The van der Waals surface area contributed by atoms with Crippen molar-refractivity contribution >= 4 is 5.91 Å². The van der Waals surface area contributed by atoms with Crippen molar-refractivity contribution in [2.75, 3.05) is 6.54 Å². The molecule has 0 spiro atoms. The Morgan fingerprint density at radius 2 is 2.33 bits per heavy atom. The number of aryl methyl sites for hydroxylation is 2. The maximum absolute atomic E-state index is 11.5. The number of amides is 1. The van der Waals surface area contributed by atoms with Crippen LogP contribution in [0.1, 0.15) is 37.6 Å². The smallest absolute Gasteiger partial charge is 0.221 e. The Hall–Kier alpha value is -1.36. The van der Waals surface area contributed by atoms with Gasteiger partial charge in [0.05, 0.1) is 11.4 Å². The predicted octanol–water partition coefficient (Wildman–Crippen LogP) is 0.741. The van der Waals surface area contributed by atoms with E-state index in [0.29, 0.717) is 19.0 Å². The zero-order valence-corrected chi connectivity index (χ0v) is 11.2. The highest BCUT2D eigenvalue weighted by atomic mass is 16.1. The first kappa shape index (κ1) is 13.1. The normalized spacial score (nSPS) is 14.8. The number of rotatable bonds is 7. The molecule has 1 saturated carbocycles. The van der Waals surface area contributed by atoms with Crippen LogP contribution in [0.15, 0.2) is 6.07 Å². The first-order valence-electron chi connectivity index (χ1n) is 6.71. The Kier molecular flexibility index (Phi) is 4.36. The largest absolute Gasteiger partial charge is 0.353 e. The summed E-state index contributed by atoms with van der Waals surface area (Å²) >= 11 is 0. The van der Waals surface area contributed by atoms with Crippen LogP contribution in [-0.2, 0) is 24.8 Å². The molecule has 0 bridgehead atoms. The summed E-state index contributed by atoms with van der Waals surface area (Å²) in [4.78, 5) is 11.5. The lowest BCUT2D eigenvalue weighted by Crippen LogP contribution is -2.29. The highest BCUT2D eigenvalue weighted by Crippen LogP contribution is 2.18. The van der Waals surface area contributed by atoms with Gasteiger partial charge in [0, 0.05) is 32.6 Å². The van der Waals surface area contributed by atoms with Crippen molar-refractivity contribution in [3.8, 4) is 0 Å². The van der Waals surface area contributed by atoms with Gasteiger partial charge in [0.1, 0.15) is 0 Å². The number of carbonyl (C=O) groups is 1. The summed E-state index contributed by atoms with van der Waals surface area (Å²) in [5.41, 5.74) is 2.27. The third-order valence-corrected chi connectivity index (χ3v) is 3.17. The Labute approximate surface area is 108 Å². The van der Waals surface area contributed by atoms with Crippen LogP contribution in [0.5, 0.6) is 0 Å². The van der Waals surface area contributed by atoms with Crippen molar-refractivity contribution < 1.29 is 4.79 Å². The van der Waals surface area contributed by atoms with E-state index in [4.69, 9.17) is 0 Å². The topological polar surface area (TPSA) is 59.0 Å². The van der Waals surface area contributed by atoms with Gasteiger partial charge in [0.25, 0.3) is 0 Å². The monoisotopic (exact) mass is 250 g/mol. The van der Waals surface area contributed by atoms with E-state index in [1.165, 1.54) is 0 Å². The van der Waals surface area contributed by atoms with Gasteiger partial charge in [0.15, 0.2) is 0 Å². The van der Waals surface area contributed by atoms with Crippen LogP contribution in [0, 0.1) is 0 Å². The van der Waals surface area contributed by atoms with Crippen LogP contribution in [0.25, 0.3) is 0 Å². The van der Waals surface area contributed by atoms with Gasteiger partial charge in [-0.15, -0.1) is 0 Å². The zero-order valence-electron chi connectivity index (χ0n) is 11.2. The van der Waals surface area contributed by atoms with Gasteiger partial charge >= 0.3 is 0 Å². The van der Waals surface area contributed by atoms with Crippen LogP contribution in [0.3, 0.4) is 0 Å².